The molecule has 11 heteroatoms. The molecule has 9 nitrogen and oxygen atoms in total. The summed E-state index contributed by atoms with van der Waals surface area (Å²) >= 11 is 0. The smallest absolute Gasteiger partial charge is 0.334 e. The van der Waals surface area contributed by atoms with Crippen LogP contribution >= 0.6 is 0 Å². The molecule has 0 saturated carbocycles. The summed E-state index contributed by atoms with van der Waals surface area (Å²) in [5.41, 5.74) is -0.194. The van der Waals surface area contributed by atoms with Gasteiger partial charge >= 0.3 is 5.69 Å². The van der Waals surface area contributed by atoms with E-state index in [4.69, 9.17) is 4.74 Å². The number of hydrogen-bond acceptors (Lipinski definition) is 6. The Balaban J connectivity index is 1.82. The first-order chi connectivity index (χ1) is 15.9. The minimum Gasteiger partial charge on any atom is -0.478 e. The second kappa shape index (κ2) is 8.53. The molecule has 1 aromatic carbocycles. The average molecular weight is 491 g/mol. The number of hydrogen-bond donors (Lipinski definition) is 1. The lowest BCUT2D eigenvalue weighted by Crippen LogP contribution is -2.46. The molecule has 182 valence electrons. The van der Waals surface area contributed by atoms with Crippen LogP contribution in [-0.2, 0) is 9.84 Å². The maximum atomic E-state index is 14.8. The molecule has 0 unspecified atom stereocenters. The lowest BCUT2D eigenvalue weighted by molar-refractivity contribution is 0.0915. The number of nitrogens with zero attached hydrogens (tertiary/aromatic N) is 3. The fourth-order valence-electron chi connectivity index (χ4n) is 4.36. The number of carbonyl (C=O) groups is 1. The number of imidazole rings is 1. The molecule has 1 fully saturated rings. The van der Waals surface area contributed by atoms with E-state index in [1.807, 2.05) is 13.8 Å². The van der Waals surface area contributed by atoms with E-state index < -0.39 is 32.8 Å². The molecule has 3 aromatic rings. The van der Waals surface area contributed by atoms with Crippen molar-refractivity contribution in [1.82, 2.24) is 19.4 Å². The summed E-state index contributed by atoms with van der Waals surface area (Å²) in [7, 11) is -3.19. The molecule has 3 heterocycles. The Morgan fingerprint density at radius 1 is 1.29 bits per heavy atom. The third kappa shape index (κ3) is 4.31. The Labute approximate surface area is 196 Å². The fraction of sp³-hybridized carbons (Fsp3) is 0.435. The van der Waals surface area contributed by atoms with Crippen molar-refractivity contribution >= 4 is 26.8 Å². The Hall–Kier alpha value is -3.21. The number of halogens is 1. The van der Waals surface area contributed by atoms with E-state index in [-0.39, 0.29) is 34.7 Å². The standard InChI is InChI=1S/C23H27FN4O5S/c1-5-33-20-11-18(16(24)12-25-20)28-17-7-6-15(10-19(17)27(14(2)3)22(28)30)21(29)26-23(4)8-9-34(31,32)13-23/h6-7,10-12,14H,5,8-9,13H2,1-4H3,(H,26,29)/t23-/m1/s1. The molecule has 1 atom stereocenters. The van der Waals surface area contributed by atoms with E-state index >= 15 is 0 Å². The van der Waals surface area contributed by atoms with Gasteiger partial charge in [-0.2, -0.15) is 0 Å². The van der Waals surface area contributed by atoms with E-state index in [0.717, 1.165) is 6.20 Å². The van der Waals surface area contributed by atoms with Crippen LogP contribution in [0.5, 0.6) is 5.88 Å². The molecule has 4 rings (SSSR count). The van der Waals surface area contributed by atoms with Gasteiger partial charge in [-0.3, -0.25) is 13.9 Å². The Morgan fingerprint density at radius 3 is 2.65 bits per heavy atom. The van der Waals surface area contributed by atoms with Gasteiger partial charge in [0.2, 0.25) is 5.88 Å². The zero-order valence-electron chi connectivity index (χ0n) is 19.5. The van der Waals surface area contributed by atoms with Crippen LogP contribution in [-0.4, -0.2) is 52.1 Å². The van der Waals surface area contributed by atoms with Gasteiger partial charge in [-0.1, -0.05) is 0 Å². The molecular formula is C23H27FN4O5S. The van der Waals surface area contributed by atoms with Crippen LogP contribution in [0, 0.1) is 5.82 Å². The zero-order valence-corrected chi connectivity index (χ0v) is 20.3. The van der Waals surface area contributed by atoms with Gasteiger partial charge in [-0.15, -0.1) is 0 Å². The highest BCUT2D eigenvalue weighted by atomic mass is 32.2. The van der Waals surface area contributed by atoms with E-state index in [1.165, 1.54) is 21.3 Å². The molecular weight excluding hydrogens is 463 g/mol. The number of benzene rings is 1. The Kier molecular flexibility index (Phi) is 6.01. The summed E-state index contributed by atoms with van der Waals surface area (Å²) in [4.78, 5) is 30.2. The molecule has 34 heavy (non-hydrogen) atoms. The van der Waals surface area contributed by atoms with Gasteiger partial charge in [-0.05, 0) is 52.3 Å². The Bertz CT molecular complexity index is 1440. The summed E-state index contributed by atoms with van der Waals surface area (Å²) in [6, 6.07) is 5.78. The number of nitrogens with one attached hydrogen (secondary N) is 1. The minimum atomic E-state index is -3.19. The summed E-state index contributed by atoms with van der Waals surface area (Å²) < 4.78 is 46.6. The van der Waals surface area contributed by atoms with Crippen LogP contribution < -0.4 is 15.7 Å². The summed E-state index contributed by atoms with van der Waals surface area (Å²) in [5.74, 6) is -1.03. The van der Waals surface area contributed by atoms with Crippen molar-refractivity contribution in [2.24, 2.45) is 0 Å². The first-order valence-corrected chi connectivity index (χ1v) is 12.9. The van der Waals surface area contributed by atoms with Gasteiger partial charge in [0, 0.05) is 17.7 Å². The van der Waals surface area contributed by atoms with E-state index in [0.29, 0.717) is 24.1 Å². The molecule has 0 bridgehead atoms. The van der Waals surface area contributed by atoms with Gasteiger partial charge in [0.25, 0.3) is 5.91 Å². The number of amides is 1. The predicted molar refractivity (Wildman–Crippen MR) is 126 cm³/mol. The van der Waals surface area contributed by atoms with Crippen molar-refractivity contribution in [1.29, 1.82) is 0 Å². The number of carbonyl (C=O) groups excluding carboxylic acids is 1. The van der Waals surface area contributed by atoms with Crippen molar-refractivity contribution in [2.75, 3.05) is 18.1 Å². The zero-order chi connectivity index (χ0) is 24.8. The number of rotatable bonds is 6. The maximum Gasteiger partial charge on any atom is 0.334 e. The van der Waals surface area contributed by atoms with Crippen LogP contribution in [0.4, 0.5) is 4.39 Å². The van der Waals surface area contributed by atoms with Crippen molar-refractivity contribution in [3.05, 3.63) is 52.3 Å². The molecule has 0 radical (unpaired) electrons. The number of sulfone groups is 1. The van der Waals surface area contributed by atoms with Gasteiger partial charge in [-0.25, -0.2) is 22.6 Å². The van der Waals surface area contributed by atoms with Crippen molar-refractivity contribution < 1.29 is 22.3 Å². The van der Waals surface area contributed by atoms with Gasteiger partial charge in [0.1, 0.15) is 0 Å². The second-order valence-corrected chi connectivity index (χ2v) is 11.2. The molecule has 2 aromatic heterocycles. The maximum absolute atomic E-state index is 14.8. The average Bonchev–Trinajstić information content (AvgIpc) is 3.20. The molecule has 0 spiro atoms. The van der Waals surface area contributed by atoms with Crippen LogP contribution in [0.25, 0.3) is 16.7 Å². The van der Waals surface area contributed by atoms with Gasteiger partial charge in [0.15, 0.2) is 15.7 Å². The predicted octanol–water partition coefficient (Wildman–Crippen LogP) is 2.61. The van der Waals surface area contributed by atoms with E-state index in [2.05, 4.69) is 10.3 Å². The van der Waals surface area contributed by atoms with Gasteiger partial charge in [0.05, 0.1) is 46.6 Å². The quantitative estimate of drug-likeness (QED) is 0.569. The van der Waals surface area contributed by atoms with Crippen LogP contribution in [0.15, 0.2) is 35.3 Å². The highest BCUT2D eigenvalue weighted by molar-refractivity contribution is 7.91. The van der Waals surface area contributed by atoms with E-state index in [1.54, 1.807) is 26.0 Å². The third-order valence-electron chi connectivity index (χ3n) is 5.91. The largest absolute Gasteiger partial charge is 0.478 e. The summed E-state index contributed by atoms with van der Waals surface area (Å²) in [6.45, 7) is 7.44. The first kappa shape index (κ1) is 23.9. The summed E-state index contributed by atoms with van der Waals surface area (Å²) in [6.07, 6.45) is 1.34. The number of ether oxygens (including phenoxy) is 1. The topological polar surface area (TPSA) is 112 Å². The molecule has 1 N–H and O–H groups in total. The number of aromatic nitrogens is 3. The normalized spacial score (nSPS) is 19.6. The van der Waals surface area contributed by atoms with Crippen LogP contribution in [0.1, 0.15) is 50.5 Å². The first-order valence-electron chi connectivity index (χ1n) is 11.0. The molecule has 1 aliphatic rings. The lowest BCUT2D eigenvalue weighted by atomic mass is 10.0. The van der Waals surface area contributed by atoms with Gasteiger partial charge < -0.3 is 10.1 Å². The van der Waals surface area contributed by atoms with Crippen LogP contribution in [0.3, 0.4) is 0 Å². The highest BCUT2D eigenvalue weighted by Crippen LogP contribution is 2.27. The third-order valence-corrected chi connectivity index (χ3v) is 7.82. The molecule has 1 aliphatic heterocycles. The Morgan fingerprint density at radius 2 is 2.03 bits per heavy atom. The number of pyridine rings is 1. The monoisotopic (exact) mass is 490 g/mol. The van der Waals surface area contributed by atoms with Crippen LogP contribution in [0.2, 0.25) is 0 Å². The molecule has 1 saturated heterocycles. The molecule has 0 aliphatic carbocycles. The SMILES string of the molecule is CCOc1cc(-n2c(=O)n(C(C)C)c3cc(C(=O)N[C@]4(C)CCS(=O)(=O)C4)ccc32)c(F)cn1. The lowest BCUT2D eigenvalue weighted by Gasteiger charge is -2.24. The van der Waals surface area contributed by atoms with Crippen molar-refractivity contribution in [3.8, 4) is 11.6 Å². The second-order valence-electron chi connectivity index (χ2n) is 9.05. The minimum absolute atomic E-state index is 0.00581. The summed E-state index contributed by atoms with van der Waals surface area (Å²) in [5, 5.41) is 2.83. The van der Waals surface area contributed by atoms with Crippen molar-refractivity contribution in [3.63, 3.8) is 0 Å². The molecule has 1 amide bonds. The fourth-order valence-corrected chi connectivity index (χ4v) is 6.45. The van der Waals surface area contributed by atoms with E-state index in [9.17, 15) is 22.4 Å². The number of fused-ring (bicyclic) bond motifs is 1. The highest BCUT2D eigenvalue weighted by Gasteiger charge is 2.39. The van der Waals surface area contributed by atoms with Crippen molar-refractivity contribution in [2.45, 2.75) is 45.7 Å².